The zero-order chi connectivity index (χ0) is 23.7. The Morgan fingerprint density at radius 1 is 1.30 bits per heavy atom. The van der Waals surface area contributed by atoms with Gasteiger partial charge in [-0.15, -0.1) is 0 Å². The number of ether oxygens (including phenoxy) is 3. The van der Waals surface area contributed by atoms with E-state index < -0.39 is 35.7 Å². The molecule has 1 saturated carbocycles. The van der Waals surface area contributed by atoms with Crippen LogP contribution in [0.5, 0.6) is 5.75 Å². The molecule has 174 valence electrons. The van der Waals surface area contributed by atoms with Gasteiger partial charge < -0.3 is 30.2 Å². The molecule has 3 heterocycles. The second kappa shape index (κ2) is 7.14. The van der Waals surface area contributed by atoms with Gasteiger partial charge >= 0.3 is 6.16 Å². The number of carbonyl (C=O) groups is 1. The number of hydrogen-bond donors (Lipinski definition) is 3. The minimum Gasteiger partial charge on any atom is -0.424 e. The van der Waals surface area contributed by atoms with Gasteiger partial charge in [-0.1, -0.05) is 26.0 Å². The molecule has 2 fully saturated rings. The van der Waals surface area contributed by atoms with E-state index in [1.165, 1.54) is 10.8 Å². The van der Waals surface area contributed by atoms with E-state index in [9.17, 15) is 15.0 Å². The Hall–Kier alpha value is -3.21. The Morgan fingerprint density at radius 3 is 2.73 bits per heavy atom. The molecular formula is C23H26N4O6. The van der Waals surface area contributed by atoms with E-state index in [1.54, 1.807) is 25.1 Å². The summed E-state index contributed by atoms with van der Waals surface area (Å²) in [4.78, 5) is 16.5. The van der Waals surface area contributed by atoms with Crippen LogP contribution in [0.1, 0.15) is 43.5 Å². The molecule has 0 radical (unpaired) electrons. The van der Waals surface area contributed by atoms with Crippen LogP contribution in [0.4, 0.5) is 10.6 Å². The Labute approximate surface area is 189 Å². The third-order valence-electron chi connectivity index (χ3n) is 6.61. The number of aromatic nitrogens is 3. The number of anilines is 1. The zero-order valence-corrected chi connectivity index (χ0v) is 18.7. The average Bonchev–Trinajstić information content (AvgIpc) is 3.04. The summed E-state index contributed by atoms with van der Waals surface area (Å²) in [5.41, 5.74) is 5.64. The smallest absolute Gasteiger partial charge is 0.424 e. The predicted molar refractivity (Wildman–Crippen MR) is 117 cm³/mol. The first-order valence-electron chi connectivity index (χ1n) is 10.7. The van der Waals surface area contributed by atoms with Gasteiger partial charge in [-0.3, -0.25) is 0 Å². The Balaban J connectivity index is 1.33. The molecule has 1 aliphatic carbocycles. The van der Waals surface area contributed by atoms with Crippen molar-refractivity contribution in [1.82, 2.24) is 14.6 Å². The maximum atomic E-state index is 12.5. The SMILES string of the molecule is Cc1ccc(C(C)C)c(OC(=O)OC2C3OC(C)(c4ccc5c(N)ncnn45)C(O)C23O)c1. The lowest BCUT2D eigenvalue weighted by molar-refractivity contribution is -0.130. The number of nitrogen functional groups attached to an aromatic ring is 1. The largest absolute Gasteiger partial charge is 0.514 e. The molecular weight excluding hydrogens is 428 g/mol. The first-order valence-corrected chi connectivity index (χ1v) is 10.7. The number of carbonyl (C=O) groups excluding carboxylic acids is 1. The fraction of sp³-hybridized carbons (Fsp3) is 0.435. The van der Waals surface area contributed by atoms with Gasteiger partial charge in [0.2, 0.25) is 0 Å². The maximum Gasteiger partial charge on any atom is 0.514 e. The summed E-state index contributed by atoms with van der Waals surface area (Å²) >= 11 is 0. The Kier molecular flexibility index (Phi) is 4.68. The monoisotopic (exact) mass is 454 g/mol. The van der Waals surface area contributed by atoms with Crippen LogP contribution < -0.4 is 10.5 Å². The van der Waals surface area contributed by atoms with E-state index in [-0.39, 0.29) is 11.7 Å². The molecule has 4 N–H and O–H groups in total. The van der Waals surface area contributed by atoms with E-state index in [0.717, 1.165) is 11.1 Å². The van der Waals surface area contributed by atoms with E-state index in [2.05, 4.69) is 10.1 Å². The van der Waals surface area contributed by atoms with E-state index in [0.29, 0.717) is 17.0 Å². The van der Waals surface area contributed by atoms with Gasteiger partial charge in [-0.2, -0.15) is 5.10 Å². The third-order valence-corrected chi connectivity index (χ3v) is 6.61. The van der Waals surface area contributed by atoms with E-state index in [4.69, 9.17) is 19.9 Å². The highest BCUT2D eigenvalue weighted by Gasteiger charge is 2.82. The first-order chi connectivity index (χ1) is 15.6. The van der Waals surface area contributed by atoms with Crippen LogP contribution in [0.2, 0.25) is 0 Å². The van der Waals surface area contributed by atoms with Gasteiger partial charge in [0, 0.05) is 0 Å². The van der Waals surface area contributed by atoms with Crippen molar-refractivity contribution in [3.05, 3.63) is 53.5 Å². The Bertz CT molecular complexity index is 1260. The molecule has 5 unspecified atom stereocenters. The third kappa shape index (κ3) is 3.09. The first kappa shape index (κ1) is 21.6. The van der Waals surface area contributed by atoms with Gasteiger partial charge in [-0.25, -0.2) is 14.3 Å². The summed E-state index contributed by atoms with van der Waals surface area (Å²) in [5, 5.41) is 26.3. The molecule has 5 atom stereocenters. The summed E-state index contributed by atoms with van der Waals surface area (Å²) < 4.78 is 18.3. The quantitative estimate of drug-likeness (QED) is 0.399. The van der Waals surface area contributed by atoms with Crippen LogP contribution >= 0.6 is 0 Å². The van der Waals surface area contributed by atoms with Crippen molar-refractivity contribution < 1.29 is 29.2 Å². The predicted octanol–water partition coefficient (Wildman–Crippen LogP) is 2.05. The number of benzene rings is 1. The van der Waals surface area contributed by atoms with E-state index >= 15 is 0 Å². The normalized spacial score (nSPS) is 30.5. The summed E-state index contributed by atoms with van der Waals surface area (Å²) in [6, 6.07) is 9.01. The van der Waals surface area contributed by atoms with E-state index in [1.807, 2.05) is 32.9 Å². The van der Waals surface area contributed by atoms with Crippen molar-refractivity contribution in [3.63, 3.8) is 0 Å². The van der Waals surface area contributed by atoms with Gasteiger partial charge in [0.15, 0.2) is 17.5 Å². The highest BCUT2D eigenvalue weighted by molar-refractivity contribution is 5.67. The summed E-state index contributed by atoms with van der Waals surface area (Å²) in [7, 11) is 0. The number of nitrogens with two attached hydrogens (primary N) is 1. The minimum absolute atomic E-state index is 0.137. The number of aliphatic hydroxyl groups excluding tert-OH is 1. The highest BCUT2D eigenvalue weighted by Crippen LogP contribution is 2.59. The fourth-order valence-electron chi connectivity index (χ4n) is 4.68. The fourth-order valence-corrected chi connectivity index (χ4v) is 4.68. The standard InChI is InChI=1S/C23H26N4O6/c1-11(2)13-6-5-12(3)9-15(13)31-21(29)32-17-18-23(17,30)20(28)22(4,33-18)16-8-7-14-19(24)25-10-26-27(14)16/h5-11,17-18,20,28,30H,1-4H3,(H2,24,25,26). The lowest BCUT2D eigenvalue weighted by atomic mass is 9.91. The number of fused-ring (bicyclic) bond motifs is 2. The van der Waals surface area contributed by atoms with Crippen molar-refractivity contribution in [2.75, 3.05) is 5.73 Å². The van der Waals surface area contributed by atoms with Crippen LogP contribution in [0.25, 0.3) is 5.52 Å². The van der Waals surface area contributed by atoms with Gasteiger partial charge in [-0.05, 0) is 49.1 Å². The number of nitrogens with zero attached hydrogens (tertiary/aromatic N) is 3. The molecule has 1 aliphatic heterocycles. The van der Waals surface area contributed by atoms with Crippen LogP contribution in [0, 0.1) is 6.92 Å². The minimum atomic E-state index is -1.77. The van der Waals surface area contributed by atoms with Crippen LogP contribution in [-0.2, 0) is 15.1 Å². The molecule has 1 aromatic carbocycles. The lowest BCUT2D eigenvalue weighted by Crippen LogP contribution is -2.46. The van der Waals surface area contributed by atoms with Crippen molar-refractivity contribution in [1.29, 1.82) is 0 Å². The number of aryl methyl sites for hydroxylation is 1. The molecule has 33 heavy (non-hydrogen) atoms. The summed E-state index contributed by atoms with van der Waals surface area (Å²) in [6.45, 7) is 7.52. The van der Waals surface area contributed by atoms with Crippen molar-refractivity contribution >= 4 is 17.5 Å². The highest BCUT2D eigenvalue weighted by atomic mass is 16.8. The number of rotatable bonds is 4. The maximum absolute atomic E-state index is 12.5. The molecule has 1 saturated heterocycles. The topological polar surface area (TPSA) is 141 Å². The molecule has 0 amide bonds. The summed E-state index contributed by atoms with van der Waals surface area (Å²) in [6.07, 6.45) is -3.05. The van der Waals surface area contributed by atoms with Gasteiger partial charge in [0.25, 0.3) is 0 Å². The number of hydrogen-bond acceptors (Lipinski definition) is 9. The lowest BCUT2D eigenvalue weighted by Gasteiger charge is -2.32. The zero-order valence-electron chi connectivity index (χ0n) is 18.7. The molecule has 5 rings (SSSR count). The van der Waals surface area contributed by atoms with Crippen molar-refractivity contribution in [2.24, 2.45) is 0 Å². The molecule has 10 nitrogen and oxygen atoms in total. The second-order valence-electron chi connectivity index (χ2n) is 9.18. The number of aliphatic hydroxyl groups is 2. The second-order valence-corrected chi connectivity index (χ2v) is 9.18. The molecule has 2 aromatic heterocycles. The van der Waals surface area contributed by atoms with Crippen LogP contribution in [0.3, 0.4) is 0 Å². The van der Waals surface area contributed by atoms with Gasteiger partial charge in [0.1, 0.15) is 35.4 Å². The van der Waals surface area contributed by atoms with Crippen LogP contribution in [-0.4, -0.2) is 54.9 Å². The molecule has 3 aromatic rings. The van der Waals surface area contributed by atoms with Crippen molar-refractivity contribution in [2.45, 2.75) is 63.1 Å². The average molecular weight is 454 g/mol. The molecule has 0 spiro atoms. The Morgan fingerprint density at radius 2 is 2.06 bits per heavy atom. The summed E-state index contributed by atoms with van der Waals surface area (Å²) in [5.74, 6) is 0.812. The molecule has 2 aliphatic rings. The van der Waals surface area contributed by atoms with Crippen LogP contribution in [0.15, 0.2) is 36.7 Å². The molecule has 10 heteroatoms. The van der Waals surface area contributed by atoms with Gasteiger partial charge in [0.05, 0.1) is 5.69 Å². The van der Waals surface area contributed by atoms with Crippen molar-refractivity contribution in [3.8, 4) is 5.75 Å². The molecule has 0 bridgehead atoms.